The number of carbonyl (C=O) groups is 1. The molecule has 0 bridgehead atoms. The molecule has 0 saturated heterocycles. The van der Waals surface area contributed by atoms with Gasteiger partial charge in [0.2, 0.25) is 0 Å². The van der Waals surface area contributed by atoms with Crippen LogP contribution >= 0.6 is 12.2 Å². The highest BCUT2D eigenvalue weighted by molar-refractivity contribution is 7.80. The summed E-state index contributed by atoms with van der Waals surface area (Å²) >= 11 is 4.98. The van der Waals surface area contributed by atoms with Gasteiger partial charge in [-0.2, -0.15) is 5.10 Å². The summed E-state index contributed by atoms with van der Waals surface area (Å²) < 4.78 is 5.68. The number of nitrogens with zero attached hydrogens (tertiary/aromatic N) is 1. The van der Waals surface area contributed by atoms with Crippen LogP contribution in [0.2, 0.25) is 0 Å². The number of furan rings is 1. The van der Waals surface area contributed by atoms with Crippen molar-refractivity contribution in [3.63, 3.8) is 0 Å². The molecule has 0 aliphatic rings. The van der Waals surface area contributed by atoms with Crippen LogP contribution in [0.5, 0.6) is 0 Å². The van der Waals surface area contributed by atoms with E-state index in [0.29, 0.717) is 23.2 Å². The Kier molecular flexibility index (Phi) is 5.48. The molecule has 1 heterocycles. The van der Waals surface area contributed by atoms with Crippen LogP contribution < -0.4 is 10.7 Å². The minimum Gasteiger partial charge on any atom is -0.478 e. The van der Waals surface area contributed by atoms with Crippen LogP contribution in [0.1, 0.15) is 28.6 Å². The molecule has 120 valence electrons. The van der Waals surface area contributed by atoms with Crippen molar-refractivity contribution in [3.05, 3.63) is 47.2 Å². The molecule has 7 heteroatoms. The Labute approximate surface area is 139 Å². The zero-order valence-corrected chi connectivity index (χ0v) is 13.6. The van der Waals surface area contributed by atoms with E-state index in [4.69, 9.17) is 21.7 Å². The molecular formula is C16H17N3O3S. The van der Waals surface area contributed by atoms with Crippen LogP contribution in [-0.2, 0) is 0 Å². The summed E-state index contributed by atoms with van der Waals surface area (Å²) in [4.78, 5) is 11.1. The molecule has 0 aliphatic heterocycles. The van der Waals surface area contributed by atoms with Crippen LogP contribution in [-0.4, -0.2) is 28.9 Å². The van der Waals surface area contributed by atoms with Crippen LogP contribution in [0.3, 0.4) is 0 Å². The van der Waals surface area contributed by atoms with E-state index in [0.717, 1.165) is 11.1 Å². The normalized spacial score (nSPS) is 10.7. The lowest BCUT2D eigenvalue weighted by atomic mass is 10.0. The van der Waals surface area contributed by atoms with Crippen molar-refractivity contribution in [1.82, 2.24) is 10.7 Å². The van der Waals surface area contributed by atoms with Crippen molar-refractivity contribution in [3.8, 4) is 11.3 Å². The fraction of sp³-hybridized carbons (Fsp3) is 0.188. The minimum atomic E-state index is -0.972. The maximum Gasteiger partial charge on any atom is 0.335 e. The number of aryl methyl sites for hydroxylation is 1. The molecule has 2 rings (SSSR count). The summed E-state index contributed by atoms with van der Waals surface area (Å²) in [6, 6.07) is 8.45. The first kappa shape index (κ1) is 16.7. The van der Waals surface area contributed by atoms with Crippen LogP contribution in [0, 0.1) is 6.92 Å². The smallest absolute Gasteiger partial charge is 0.335 e. The number of hydrazone groups is 1. The van der Waals surface area contributed by atoms with E-state index in [9.17, 15) is 4.79 Å². The maximum absolute atomic E-state index is 11.1. The number of thiocarbonyl (C=S) groups is 1. The summed E-state index contributed by atoms with van der Waals surface area (Å²) in [5.41, 5.74) is 4.55. The Morgan fingerprint density at radius 1 is 1.39 bits per heavy atom. The van der Waals surface area contributed by atoms with E-state index in [1.54, 1.807) is 30.3 Å². The lowest BCUT2D eigenvalue weighted by molar-refractivity contribution is 0.0697. The monoisotopic (exact) mass is 331 g/mol. The number of hydrogen-bond donors (Lipinski definition) is 3. The highest BCUT2D eigenvalue weighted by atomic mass is 32.1. The summed E-state index contributed by atoms with van der Waals surface area (Å²) in [7, 11) is 0. The molecule has 1 aromatic carbocycles. The van der Waals surface area contributed by atoms with E-state index >= 15 is 0 Å². The zero-order valence-electron chi connectivity index (χ0n) is 12.8. The Bertz CT molecular complexity index is 753. The Morgan fingerprint density at radius 3 is 2.87 bits per heavy atom. The molecular weight excluding hydrogens is 314 g/mol. The average Bonchev–Trinajstić information content (AvgIpc) is 2.96. The molecule has 2 aromatic rings. The number of rotatable bonds is 5. The molecule has 0 amide bonds. The van der Waals surface area contributed by atoms with Crippen molar-refractivity contribution in [2.75, 3.05) is 6.54 Å². The van der Waals surface area contributed by atoms with Gasteiger partial charge in [0, 0.05) is 12.1 Å². The molecule has 6 nitrogen and oxygen atoms in total. The van der Waals surface area contributed by atoms with Crippen molar-refractivity contribution < 1.29 is 14.3 Å². The van der Waals surface area contributed by atoms with Gasteiger partial charge in [-0.05, 0) is 55.9 Å². The molecule has 0 radical (unpaired) electrons. The first-order valence-electron chi connectivity index (χ1n) is 7.02. The first-order chi connectivity index (χ1) is 11.0. The molecule has 0 fully saturated rings. The van der Waals surface area contributed by atoms with Crippen LogP contribution in [0.15, 0.2) is 39.9 Å². The maximum atomic E-state index is 11.1. The summed E-state index contributed by atoms with van der Waals surface area (Å²) in [5, 5.41) is 16.4. The fourth-order valence-corrected chi connectivity index (χ4v) is 2.14. The number of aromatic carboxylic acids is 1. The summed E-state index contributed by atoms with van der Waals surface area (Å²) in [5.74, 6) is 0.147. The summed E-state index contributed by atoms with van der Waals surface area (Å²) in [6.07, 6.45) is 1.50. The molecule has 0 atom stereocenters. The van der Waals surface area contributed by atoms with E-state index < -0.39 is 5.97 Å². The third-order valence-corrected chi connectivity index (χ3v) is 3.31. The van der Waals surface area contributed by atoms with Gasteiger partial charge in [0.25, 0.3) is 0 Å². The van der Waals surface area contributed by atoms with Crippen molar-refractivity contribution in [1.29, 1.82) is 0 Å². The molecule has 0 unspecified atom stereocenters. The van der Waals surface area contributed by atoms with Gasteiger partial charge in [0.1, 0.15) is 11.5 Å². The van der Waals surface area contributed by atoms with E-state index in [1.807, 2.05) is 13.8 Å². The first-order valence-corrected chi connectivity index (χ1v) is 7.43. The highest BCUT2D eigenvalue weighted by Gasteiger charge is 2.11. The van der Waals surface area contributed by atoms with Gasteiger partial charge in [0.05, 0.1) is 11.8 Å². The number of hydrogen-bond acceptors (Lipinski definition) is 4. The predicted octanol–water partition coefficient (Wildman–Crippen LogP) is 2.77. The molecule has 1 aromatic heterocycles. The number of carboxylic acid groups (broad SMARTS) is 1. The Morgan fingerprint density at radius 2 is 2.17 bits per heavy atom. The largest absolute Gasteiger partial charge is 0.478 e. The quantitative estimate of drug-likeness (QED) is 0.444. The van der Waals surface area contributed by atoms with Gasteiger partial charge in [-0.15, -0.1) is 0 Å². The molecule has 3 N–H and O–H groups in total. The van der Waals surface area contributed by atoms with Gasteiger partial charge in [-0.25, -0.2) is 4.79 Å². The molecule has 0 saturated carbocycles. The Hall–Kier alpha value is -2.67. The van der Waals surface area contributed by atoms with E-state index in [2.05, 4.69) is 15.8 Å². The third-order valence-electron chi connectivity index (χ3n) is 3.07. The lowest BCUT2D eigenvalue weighted by Crippen LogP contribution is -2.31. The van der Waals surface area contributed by atoms with Gasteiger partial charge in [0.15, 0.2) is 5.11 Å². The zero-order chi connectivity index (χ0) is 16.8. The third kappa shape index (κ3) is 4.40. The minimum absolute atomic E-state index is 0.217. The van der Waals surface area contributed by atoms with Crippen LogP contribution in [0.4, 0.5) is 0 Å². The standard InChI is InChI=1S/C16H17N3O3S/c1-3-17-16(23)19-18-9-12-6-7-14(22-12)13-8-11(15(20)21)5-4-10(13)2/h4-9H,3H2,1-2H3,(H,20,21)(H2,17,19,23)/b18-9-. The van der Waals surface area contributed by atoms with Crippen molar-refractivity contribution in [2.45, 2.75) is 13.8 Å². The van der Waals surface area contributed by atoms with Gasteiger partial charge >= 0.3 is 5.97 Å². The second kappa shape index (κ2) is 7.55. The fourth-order valence-electron chi connectivity index (χ4n) is 1.94. The van der Waals surface area contributed by atoms with Gasteiger partial charge in [-0.3, -0.25) is 5.43 Å². The lowest BCUT2D eigenvalue weighted by Gasteiger charge is -2.04. The molecule has 0 spiro atoms. The van der Waals surface area contributed by atoms with Gasteiger partial charge in [-0.1, -0.05) is 6.07 Å². The van der Waals surface area contributed by atoms with Gasteiger partial charge < -0.3 is 14.8 Å². The average molecular weight is 331 g/mol. The second-order valence-electron chi connectivity index (χ2n) is 4.77. The van der Waals surface area contributed by atoms with E-state index in [1.165, 1.54) is 6.21 Å². The number of nitrogens with one attached hydrogen (secondary N) is 2. The van der Waals surface area contributed by atoms with E-state index in [-0.39, 0.29) is 5.56 Å². The summed E-state index contributed by atoms with van der Waals surface area (Å²) in [6.45, 7) is 4.54. The Balaban J connectivity index is 2.16. The van der Waals surface area contributed by atoms with Crippen molar-refractivity contribution in [2.24, 2.45) is 5.10 Å². The topological polar surface area (TPSA) is 86.9 Å². The SMILES string of the molecule is CCNC(=S)N/N=C\c1ccc(-c2cc(C(=O)O)ccc2C)o1. The van der Waals surface area contributed by atoms with Crippen molar-refractivity contribution >= 4 is 29.5 Å². The predicted molar refractivity (Wildman–Crippen MR) is 92.8 cm³/mol. The molecule has 0 aliphatic carbocycles. The molecule has 23 heavy (non-hydrogen) atoms. The highest BCUT2D eigenvalue weighted by Crippen LogP contribution is 2.26. The second-order valence-corrected chi connectivity index (χ2v) is 5.17. The van der Waals surface area contributed by atoms with Crippen LogP contribution in [0.25, 0.3) is 11.3 Å². The number of benzene rings is 1. The number of carboxylic acids is 1.